The standard InChI is InChI=1S/C28H21F2N5O/c29-23-14-25-26(15-24(23)30)35-27(17-31-25)32-16-18-5-4-8-22(13-18)34-28(36)33-21-11-9-20(10-12-21)19-6-2-1-3-7-19/h1-15,17H,16H2,(H,32,35)(H2,33,34,36). The zero-order valence-electron chi connectivity index (χ0n) is 19.0. The summed E-state index contributed by atoms with van der Waals surface area (Å²) in [6, 6.07) is 26.6. The number of urea groups is 1. The van der Waals surface area contributed by atoms with Gasteiger partial charge in [-0.2, -0.15) is 0 Å². The maximum atomic E-state index is 13.5. The van der Waals surface area contributed by atoms with Crippen LogP contribution in [0.5, 0.6) is 0 Å². The van der Waals surface area contributed by atoms with Gasteiger partial charge in [0.25, 0.3) is 0 Å². The molecular formula is C28H21F2N5O. The largest absolute Gasteiger partial charge is 0.365 e. The van der Waals surface area contributed by atoms with E-state index in [1.54, 1.807) is 6.07 Å². The number of benzene rings is 4. The molecule has 1 heterocycles. The van der Waals surface area contributed by atoms with Gasteiger partial charge in [0.1, 0.15) is 5.82 Å². The summed E-state index contributed by atoms with van der Waals surface area (Å²) in [7, 11) is 0. The highest BCUT2D eigenvalue weighted by molar-refractivity contribution is 5.99. The summed E-state index contributed by atoms with van der Waals surface area (Å²) in [5.41, 5.74) is 4.87. The molecule has 5 aromatic rings. The van der Waals surface area contributed by atoms with Gasteiger partial charge in [0.15, 0.2) is 11.6 Å². The summed E-state index contributed by atoms with van der Waals surface area (Å²) in [5.74, 6) is -1.52. The minimum atomic E-state index is -0.974. The van der Waals surface area contributed by atoms with Gasteiger partial charge in [-0.25, -0.2) is 18.6 Å². The van der Waals surface area contributed by atoms with Crippen LogP contribution in [0, 0.1) is 11.6 Å². The summed E-state index contributed by atoms with van der Waals surface area (Å²) in [4.78, 5) is 20.9. The Balaban J connectivity index is 1.19. The lowest BCUT2D eigenvalue weighted by atomic mass is 10.1. The fraction of sp³-hybridized carbons (Fsp3) is 0.0357. The normalized spacial score (nSPS) is 10.7. The molecule has 0 radical (unpaired) electrons. The molecule has 2 amide bonds. The van der Waals surface area contributed by atoms with E-state index >= 15 is 0 Å². The van der Waals surface area contributed by atoms with E-state index in [-0.39, 0.29) is 17.1 Å². The Morgan fingerprint density at radius 1 is 0.722 bits per heavy atom. The minimum absolute atomic E-state index is 0.253. The second-order valence-corrected chi connectivity index (χ2v) is 8.09. The molecule has 6 nitrogen and oxygen atoms in total. The SMILES string of the molecule is O=C(Nc1ccc(-c2ccccc2)cc1)Nc1cccc(CNc2cnc3cc(F)c(F)cc3n2)c1. The number of hydrogen-bond acceptors (Lipinski definition) is 4. The fourth-order valence-electron chi connectivity index (χ4n) is 3.72. The molecule has 1 aromatic heterocycles. The van der Waals surface area contributed by atoms with E-state index < -0.39 is 11.6 Å². The van der Waals surface area contributed by atoms with Crippen molar-refractivity contribution >= 4 is 34.3 Å². The fourth-order valence-corrected chi connectivity index (χ4v) is 3.72. The molecule has 3 N–H and O–H groups in total. The summed E-state index contributed by atoms with van der Waals surface area (Å²) in [6.45, 7) is 0.391. The van der Waals surface area contributed by atoms with Crippen LogP contribution >= 0.6 is 0 Å². The third-order valence-corrected chi connectivity index (χ3v) is 5.49. The second kappa shape index (κ2) is 10.2. The number of anilines is 3. The van der Waals surface area contributed by atoms with Gasteiger partial charge in [-0.3, -0.25) is 4.98 Å². The van der Waals surface area contributed by atoms with E-state index in [4.69, 9.17) is 0 Å². The molecule has 0 aliphatic rings. The van der Waals surface area contributed by atoms with E-state index in [2.05, 4.69) is 25.9 Å². The van der Waals surface area contributed by atoms with Crippen molar-refractivity contribution in [3.63, 3.8) is 0 Å². The Bertz CT molecular complexity index is 1530. The number of aromatic nitrogens is 2. The minimum Gasteiger partial charge on any atom is -0.365 e. The molecular weight excluding hydrogens is 460 g/mol. The number of fused-ring (bicyclic) bond motifs is 1. The van der Waals surface area contributed by atoms with Crippen LogP contribution in [0.3, 0.4) is 0 Å². The van der Waals surface area contributed by atoms with E-state index in [1.807, 2.05) is 72.8 Å². The second-order valence-electron chi connectivity index (χ2n) is 8.09. The molecule has 0 spiro atoms. The van der Waals surface area contributed by atoms with Crippen molar-refractivity contribution in [1.29, 1.82) is 0 Å². The number of carbonyl (C=O) groups is 1. The van der Waals surface area contributed by atoms with Crippen LogP contribution < -0.4 is 16.0 Å². The van der Waals surface area contributed by atoms with Crippen LogP contribution in [0.2, 0.25) is 0 Å². The average molecular weight is 482 g/mol. The van der Waals surface area contributed by atoms with Gasteiger partial charge in [0.2, 0.25) is 0 Å². The molecule has 0 aliphatic carbocycles. The number of halogens is 2. The molecule has 0 saturated carbocycles. The molecule has 0 unspecified atom stereocenters. The Hall–Kier alpha value is -4.85. The Kier molecular flexibility index (Phi) is 6.48. The van der Waals surface area contributed by atoms with Gasteiger partial charge in [-0.1, -0.05) is 54.6 Å². The molecule has 0 bridgehead atoms. The smallest absolute Gasteiger partial charge is 0.323 e. The zero-order chi connectivity index (χ0) is 24.9. The zero-order valence-corrected chi connectivity index (χ0v) is 19.0. The van der Waals surface area contributed by atoms with Gasteiger partial charge < -0.3 is 16.0 Å². The van der Waals surface area contributed by atoms with E-state index in [1.165, 1.54) is 6.20 Å². The lowest BCUT2D eigenvalue weighted by molar-refractivity contribution is 0.262. The van der Waals surface area contributed by atoms with Gasteiger partial charge in [0, 0.05) is 30.1 Å². The number of rotatable bonds is 6. The van der Waals surface area contributed by atoms with Crippen molar-refractivity contribution in [2.75, 3.05) is 16.0 Å². The maximum absolute atomic E-state index is 13.5. The molecule has 0 fully saturated rings. The number of amides is 2. The number of carbonyl (C=O) groups excluding carboxylic acids is 1. The van der Waals surface area contributed by atoms with Crippen molar-refractivity contribution in [3.8, 4) is 11.1 Å². The van der Waals surface area contributed by atoms with Crippen LogP contribution in [0.4, 0.5) is 30.8 Å². The van der Waals surface area contributed by atoms with Crippen LogP contribution in [-0.2, 0) is 6.54 Å². The first-order valence-electron chi connectivity index (χ1n) is 11.2. The highest BCUT2D eigenvalue weighted by Crippen LogP contribution is 2.22. The summed E-state index contributed by atoms with van der Waals surface area (Å²) in [5, 5.41) is 8.77. The molecule has 4 aromatic carbocycles. The summed E-state index contributed by atoms with van der Waals surface area (Å²) < 4.78 is 26.9. The highest BCUT2D eigenvalue weighted by atomic mass is 19.2. The average Bonchev–Trinajstić information content (AvgIpc) is 2.89. The van der Waals surface area contributed by atoms with Gasteiger partial charge in [-0.05, 0) is 41.0 Å². The van der Waals surface area contributed by atoms with Crippen LogP contribution in [0.15, 0.2) is 97.2 Å². The van der Waals surface area contributed by atoms with Crippen LogP contribution in [-0.4, -0.2) is 16.0 Å². The molecule has 178 valence electrons. The molecule has 0 aliphatic heterocycles. The first kappa shape index (κ1) is 22.9. The molecule has 0 atom stereocenters. The van der Waals surface area contributed by atoms with Gasteiger partial charge in [-0.15, -0.1) is 0 Å². The third-order valence-electron chi connectivity index (χ3n) is 5.49. The van der Waals surface area contributed by atoms with Crippen molar-refractivity contribution in [3.05, 3.63) is 114 Å². The third kappa shape index (κ3) is 5.44. The Labute approximate surface area is 206 Å². The number of hydrogen-bond donors (Lipinski definition) is 3. The van der Waals surface area contributed by atoms with E-state index in [0.29, 0.717) is 23.7 Å². The van der Waals surface area contributed by atoms with Crippen LogP contribution in [0.25, 0.3) is 22.2 Å². The quantitative estimate of drug-likeness (QED) is 0.248. The maximum Gasteiger partial charge on any atom is 0.323 e. The molecule has 5 rings (SSSR count). The van der Waals surface area contributed by atoms with Crippen molar-refractivity contribution < 1.29 is 13.6 Å². The summed E-state index contributed by atoms with van der Waals surface area (Å²) in [6.07, 6.45) is 1.46. The Morgan fingerprint density at radius 3 is 2.19 bits per heavy atom. The monoisotopic (exact) mass is 481 g/mol. The first-order valence-corrected chi connectivity index (χ1v) is 11.2. The van der Waals surface area contributed by atoms with Crippen LogP contribution in [0.1, 0.15) is 5.56 Å². The summed E-state index contributed by atoms with van der Waals surface area (Å²) >= 11 is 0. The molecule has 0 saturated heterocycles. The lowest BCUT2D eigenvalue weighted by Crippen LogP contribution is -2.19. The Morgan fingerprint density at radius 2 is 1.42 bits per heavy atom. The predicted molar refractivity (Wildman–Crippen MR) is 138 cm³/mol. The van der Waals surface area contributed by atoms with Gasteiger partial charge in [0.05, 0.1) is 17.2 Å². The predicted octanol–water partition coefficient (Wildman–Crippen LogP) is 6.83. The lowest BCUT2D eigenvalue weighted by Gasteiger charge is -2.11. The number of nitrogens with one attached hydrogen (secondary N) is 3. The topological polar surface area (TPSA) is 78.9 Å². The first-order chi connectivity index (χ1) is 17.5. The van der Waals surface area contributed by atoms with E-state index in [9.17, 15) is 13.6 Å². The van der Waals surface area contributed by atoms with Crippen molar-refractivity contribution in [2.45, 2.75) is 6.54 Å². The van der Waals surface area contributed by atoms with Gasteiger partial charge >= 0.3 is 6.03 Å². The molecule has 36 heavy (non-hydrogen) atoms. The van der Waals surface area contributed by atoms with Crippen molar-refractivity contribution in [2.24, 2.45) is 0 Å². The van der Waals surface area contributed by atoms with E-state index in [0.717, 1.165) is 28.8 Å². The molecule has 8 heteroatoms. The van der Waals surface area contributed by atoms with Crippen molar-refractivity contribution in [1.82, 2.24) is 9.97 Å². The number of nitrogens with zero attached hydrogens (tertiary/aromatic N) is 2. The highest BCUT2D eigenvalue weighted by Gasteiger charge is 2.08.